The number of hydrogen-bond donors (Lipinski definition) is 0. The van der Waals surface area contributed by atoms with Crippen molar-refractivity contribution in [3.8, 4) is 11.5 Å². The number of aromatic nitrogens is 2. The van der Waals surface area contributed by atoms with Crippen LogP contribution in [-0.2, 0) is 0 Å². The third-order valence-electron chi connectivity index (χ3n) is 2.53. The molecule has 2 heterocycles. The summed E-state index contributed by atoms with van der Waals surface area (Å²) in [5, 5.41) is 1.37. The van der Waals surface area contributed by atoms with Gasteiger partial charge in [-0.25, -0.2) is 4.98 Å². The molecule has 3 rings (SSSR count). The van der Waals surface area contributed by atoms with E-state index in [-0.39, 0.29) is 0 Å². The molecule has 18 heavy (non-hydrogen) atoms. The van der Waals surface area contributed by atoms with Crippen LogP contribution in [0.15, 0.2) is 54.9 Å². The predicted octanol–water partition coefficient (Wildman–Crippen LogP) is 4.08. The number of halogens is 1. The first-order valence-electron chi connectivity index (χ1n) is 5.46. The Morgan fingerprint density at radius 3 is 2.78 bits per heavy atom. The summed E-state index contributed by atoms with van der Waals surface area (Å²) in [5.74, 6) is 1.41. The second-order valence-electron chi connectivity index (χ2n) is 3.74. The highest BCUT2D eigenvalue weighted by molar-refractivity contribution is 6.29. The summed E-state index contributed by atoms with van der Waals surface area (Å²) in [5.41, 5.74) is 0.898. The quantitative estimate of drug-likeness (QED) is 0.648. The van der Waals surface area contributed by atoms with E-state index in [9.17, 15) is 0 Å². The third kappa shape index (κ3) is 2.13. The van der Waals surface area contributed by atoms with Crippen LogP contribution in [0.2, 0.25) is 5.15 Å². The van der Waals surface area contributed by atoms with Crippen LogP contribution in [0.1, 0.15) is 0 Å². The molecule has 4 heteroatoms. The third-order valence-corrected chi connectivity index (χ3v) is 2.74. The smallest absolute Gasteiger partial charge is 0.136 e. The molecule has 0 saturated carbocycles. The van der Waals surface area contributed by atoms with Crippen molar-refractivity contribution in [3.63, 3.8) is 0 Å². The Morgan fingerprint density at radius 2 is 1.89 bits per heavy atom. The van der Waals surface area contributed by atoms with Crippen LogP contribution < -0.4 is 4.74 Å². The van der Waals surface area contributed by atoms with E-state index in [4.69, 9.17) is 16.3 Å². The second kappa shape index (κ2) is 4.63. The van der Waals surface area contributed by atoms with Gasteiger partial charge in [0.05, 0.1) is 5.52 Å². The van der Waals surface area contributed by atoms with Crippen LogP contribution in [0.5, 0.6) is 11.5 Å². The van der Waals surface area contributed by atoms with E-state index in [1.807, 2.05) is 30.3 Å². The molecule has 1 aromatic carbocycles. The van der Waals surface area contributed by atoms with Crippen molar-refractivity contribution in [3.05, 3.63) is 60.0 Å². The van der Waals surface area contributed by atoms with Crippen molar-refractivity contribution in [1.29, 1.82) is 0 Å². The van der Waals surface area contributed by atoms with Crippen molar-refractivity contribution >= 4 is 22.5 Å². The first-order valence-corrected chi connectivity index (χ1v) is 5.84. The number of rotatable bonds is 2. The number of hydrogen-bond acceptors (Lipinski definition) is 3. The zero-order valence-corrected chi connectivity index (χ0v) is 10.1. The maximum absolute atomic E-state index is 5.83. The minimum absolute atomic E-state index is 0.408. The molecule has 0 atom stereocenters. The van der Waals surface area contributed by atoms with Gasteiger partial charge in [0, 0.05) is 23.8 Å². The minimum Gasteiger partial charge on any atom is -0.456 e. The number of nitrogens with zero attached hydrogens (tertiary/aromatic N) is 2. The molecule has 0 aliphatic rings. The minimum atomic E-state index is 0.408. The van der Waals surface area contributed by atoms with Crippen molar-refractivity contribution in [1.82, 2.24) is 9.97 Å². The maximum Gasteiger partial charge on any atom is 0.136 e. The zero-order chi connectivity index (χ0) is 12.4. The van der Waals surface area contributed by atoms with E-state index in [0.717, 1.165) is 16.7 Å². The van der Waals surface area contributed by atoms with Crippen molar-refractivity contribution in [2.75, 3.05) is 0 Å². The molecular weight excluding hydrogens is 248 g/mol. The summed E-state index contributed by atoms with van der Waals surface area (Å²) >= 11 is 5.83. The van der Waals surface area contributed by atoms with Crippen molar-refractivity contribution in [2.24, 2.45) is 0 Å². The van der Waals surface area contributed by atoms with Gasteiger partial charge in [0.25, 0.3) is 0 Å². The lowest BCUT2D eigenvalue weighted by Gasteiger charge is -2.08. The number of pyridine rings is 2. The Morgan fingerprint density at radius 1 is 0.944 bits per heavy atom. The molecule has 0 radical (unpaired) electrons. The van der Waals surface area contributed by atoms with Crippen molar-refractivity contribution in [2.45, 2.75) is 0 Å². The number of benzene rings is 1. The molecule has 3 nitrogen and oxygen atoms in total. The van der Waals surface area contributed by atoms with Gasteiger partial charge in [-0.05, 0) is 30.3 Å². The lowest BCUT2D eigenvalue weighted by molar-refractivity contribution is 0.487. The predicted molar refractivity (Wildman–Crippen MR) is 71.1 cm³/mol. The number of fused-ring (bicyclic) bond motifs is 1. The van der Waals surface area contributed by atoms with Crippen molar-refractivity contribution < 1.29 is 4.74 Å². The molecule has 0 aliphatic carbocycles. The number of ether oxygens (including phenoxy) is 1. The second-order valence-corrected chi connectivity index (χ2v) is 4.13. The van der Waals surface area contributed by atoms with Crippen LogP contribution in [0.25, 0.3) is 10.9 Å². The Labute approximate surface area is 109 Å². The van der Waals surface area contributed by atoms with Gasteiger partial charge in [-0.2, -0.15) is 0 Å². The summed E-state index contributed by atoms with van der Waals surface area (Å²) in [6, 6.07) is 13.1. The fraction of sp³-hybridized carbons (Fsp3) is 0. The van der Waals surface area contributed by atoms with E-state index in [1.165, 1.54) is 0 Å². The molecule has 3 aromatic rings. The molecule has 0 spiro atoms. The Bertz CT molecular complexity index is 695. The topological polar surface area (TPSA) is 35.0 Å². The Kier molecular flexibility index (Phi) is 2.82. The van der Waals surface area contributed by atoms with Crippen LogP contribution in [0, 0.1) is 0 Å². The normalized spacial score (nSPS) is 10.5. The summed E-state index contributed by atoms with van der Waals surface area (Å²) in [6.07, 6.45) is 3.37. The van der Waals surface area contributed by atoms with E-state index >= 15 is 0 Å². The van der Waals surface area contributed by atoms with Gasteiger partial charge in [0.2, 0.25) is 0 Å². The highest BCUT2D eigenvalue weighted by atomic mass is 35.5. The molecule has 0 fully saturated rings. The van der Waals surface area contributed by atoms with E-state index < -0.39 is 0 Å². The van der Waals surface area contributed by atoms with E-state index in [0.29, 0.717) is 10.9 Å². The fourth-order valence-electron chi connectivity index (χ4n) is 1.74. The first-order chi connectivity index (χ1) is 8.83. The van der Waals surface area contributed by atoms with Gasteiger partial charge in [0.1, 0.15) is 16.7 Å². The maximum atomic E-state index is 5.83. The van der Waals surface area contributed by atoms with Crippen LogP contribution in [0.3, 0.4) is 0 Å². The molecule has 88 valence electrons. The highest BCUT2D eigenvalue weighted by Crippen LogP contribution is 2.29. The molecule has 0 unspecified atom stereocenters. The molecule has 0 aliphatic heterocycles. The van der Waals surface area contributed by atoms with Crippen LogP contribution >= 0.6 is 11.6 Å². The summed E-state index contributed by atoms with van der Waals surface area (Å²) < 4.78 is 5.81. The molecule has 0 amide bonds. The zero-order valence-electron chi connectivity index (χ0n) is 9.38. The largest absolute Gasteiger partial charge is 0.456 e. The van der Waals surface area contributed by atoms with Gasteiger partial charge in [-0.3, -0.25) is 4.98 Å². The summed E-state index contributed by atoms with van der Waals surface area (Å²) in [4.78, 5) is 8.20. The van der Waals surface area contributed by atoms with Crippen LogP contribution in [-0.4, -0.2) is 9.97 Å². The van der Waals surface area contributed by atoms with Gasteiger partial charge >= 0.3 is 0 Å². The molecule has 0 N–H and O–H groups in total. The van der Waals surface area contributed by atoms with Gasteiger partial charge in [0.15, 0.2) is 0 Å². The molecule has 0 saturated heterocycles. The first kappa shape index (κ1) is 11.0. The molecule has 0 bridgehead atoms. The van der Waals surface area contributed by atoms with Crippen LogP contribution in [0.4, 0.5) is 0 Å². The Balaban J connectivity index is 2.05. The highest BCUT2D eigenvalue weighted by Gasteiger charge is 2.04. The monoisotopic (exact) mass is 256 g/mol. The van der Waals surface area contributed by atoms with Gasteiger partial charge < -0.3 is 4.74 Å². The average molecular weight is 257 g/mol. The lowest BCUT2D eigenvalue weighted by Crippen LogP contribution is -1.87. The molecular formula is C14H9ClN2O. The summed E-state index contributed by atoms with van der Waals surface area (Å²) in [7, 11) is 0. The lowest BCUT2D eigenvalue weighted by atomic mass is 10.2. The standard InChI is InChI=1S/C14H9ClN2O/c15-14-9-10(6-8-17-14)18-13-5-1-4-12-11(13)3-2-7-16-12/h1-9H. The van der Waals surface area contributed by atoms with Gasteiger partial charge in [-0.15, -0.1) is 0 Å². The SMILES string of the molecule is Clc1cc(Oc2cccc3ncccc23)ccn1. The average Bonchev–Trinajstić information content (AvgIpc) is 2.39. The van der Waals surface area contributed by atoms with E-state index in [1.54, 1.807) is 24.5 Å². The van der Waals surface area contributed by atoms with E-state index in [2.05, 4.69) is 9.97 Å². The Hall–Kier alpha value is -2.13. The fourth-order valence-corrected chi connectivity index (χ4v) is 1.90. The molecule has 2 aromatic heterocycles. The summed E-state index contributed by atoms with van der Waals surface area (Å²) in [6.45, 7) is 0. The van der Waals surface area contributed by atoms with Gasteiger partial charge in [-0.1, -0.05) is 17.7 Å².